The van der Waals surface area contributed by atoms with Crippen LogP contribution in [0.5, 0.6) is 5.75 Å². The van der Waals surface area contributed by atoms with Crippen LogP contribution < -0.4 is 4.90 Å². The largest absolute Gasteiger partial charge is 0.508 e. The number of hydrogen-bond acceptors (Lipinski definition) is 5. The summed E-state index contributed by atoms with van der Waals surface area (Å²) < 4.78 is 5.13. The van der Waals surface area contributed by atoms with Gasteiger partial charge in [-0.1, -0.05) is 6.07 Å². The van der Waals surface area contributed by atoms with Crippen LogP contribution in [0.15, 0.2) is 24.3 Å². The number of piperidine rings is 1. The number of carbonyl (C=O) groups excluding carboxylic acids is 1. The van der Waals surface area contributed by atoms with E-state index in [1.165, 1.54) is 0 Å². The molecule has 0 saturated carbocycles. The number of benzene rings is 1. The fraction of sp³-hybridized carbons (Fsp3) is 0.632. The molecule has 0 aromatic heterocycles. The number of methoxy groups -OCH3 is 1. The van der Waals surface area contributed by atoms with Gasteiger partial charge in [-0.25, -0.2) is 0 Å². The number of carbonyl (C=O) groups is 1. The molecule has 138 valence electrons. The second kappa shape index (κ2) is 8.54. The van der Waals surface area contributed by atoms with Gasteiger partial charge in [0.25, 0.3) is 0 Å². The SMILES string of the molecule is COCCN1CCC(C(=O)N2CCN(c3cccc(O)c3)CC2)CC1. The monoisotopic (exact) mass is 347 g/mol. The molecule has 25 heavy (non-hydrogen) atoms. The number of hydrogen-bond donors (Lipinski definition) is 1. The lowest BCUT2D eigenvalue weighted by molar-refractivity contribution is -0.137. The highest BCUT2D eigenvalue weighted by atomic mass is 16.5. The van der Waals surface area contributed by atoms with Crippen LogP contribution in [0.1, 0.15) is 12.8 Å². The highest BCUT2D eigenvalue weighted by molar-refractivity contribution is 5.79. The molecule has 2 aliphatic rings. The molecule has 6 nitrogen and oxygen atoms in total. The van der Waals surface area contributed by atoms with Gasteiger partial charge in [0.05, 0.1) is 6.61 Å². The fourth-order valence-electron chi connectivity index (χ4n) is 3.76. The normalized spacial score (nSPS) is 20.0. The van der Waals surface area contributed by atoms with Gasteiger partial charge in [0, 0.05) is 57.5 Å². The lowest BCUT2D eigenvalue weighted by Gasteiger charge is -2.39. The Hall–Kier alpha value is -1.79. The predicted octanol–water partition coefficient (Wildman–Crippen LogP) is 1.40. The minimum atomic E-state index is 0.172. The summed E-state index contributed by atoms with van der Waals surface area (Å²) in [5.41, 5.74) is 1.03. The van der Waals surface area contributed by atoms with Crippen molar-refractivity contribution in [2.75, 3.05) is 64.4 Å². The number of ether oxygens (including phenoxy) is 1. The van der Waals surface area contributed by atoms with E-state index in [4.69, 9.17) is 4.74 Å². The minimum Gasteiger partial charge on any atom is -0.508 e. The van der Waals surface area contributed by atoms with Crippen molar-refractivity contribution in [2.24, 2.45) is 5.92 Å². The van der Waals surface area contributed by atoms with Gasteiger partial charge in [0.1, 0.15) is 5.75 Å². The molecule has 1 N–H and O–H groups in total. The quantitative estimate of drug-likeness (QED) is 0.873. The smallest absolute Gasteiger partial charge is 0.225 e. The molecule has 0 aliphatic carbocycles. The molecule has 2 saturated heterocycles. The molecule has 1 amide bonds. The first-order valence-electron chi connectivity index (χ1n) is 9.21. The average molecular weight is 347 g/mol. The maximum atomic E-state index is 12.8. The number of phenolic OH excluding ortho intramolecular Hbond substituents is 1. The van der Waals surface area contributed by atoms with E-state index in [0.717, 1.165) is 70.9 Å². The van der Waals surface area contributed by atoms with E-state index in [1.54, 1.807) is 19.2 Å². The molecule has 1 aromatic rings. The zero-order valence-corrected chi connectivity index (χ0v) is 15.1. The van der Waals surface area contributed by atoms with Gasteiger partial charge in [-0.3, -0.25) is 4.79 Å². The van der Waals surface area contributed by atoms with Gasteiger partial charge in [-0.2, -0.15) is 0 Å². The van der Waals surface area contributed by atoms with Gasteiger partial charge >= 0.3 is 0 Å². The first-order valence-corrected chi connectivity index (χ1v) is 9.21. The third-order valence-corrected chi connectivity index (χ3v) is 5.33. The Morgan fingerprint density at radius 3 is 2.52 bits per heavy atom. The molecule has 6 heteroatoms. The predicted molar refractivity (Wildman–Crippen MR) is 97.9 cm³/mol. The van der Waals surface area contributed by atoms with Crippen molar-refractivity contribution in [3.05, 3.63) is 24.3 Å². The molecule has 0 radical (unpaired) electrons. The van der Waals surface area contributed by atoms with E-state index in [9.17, 15) is 9.90 Å². The number of piperazine rings is 1. The third kappa shape index (κ3) is 4.64. The van der Waals surface area contributed by atoms with Crippen molar-refractivity contribution >= 4 is 11.6 Å². The van der Waals surface area contributed by atoms with E-state index in [-0.39, 0.29) is 11.7 Å². The maximum Gasteiger partial charge on any atom is 0.225 e. The molecule has 0 spiro atoms. The first kappa shape index (κ1) is 18.0. The Labute approximate surface area is 150 Å². The topological polar surface area (TPSA) is 56.2 Å². The average Bonchev–Trinajstić information content (AvgIpc) is 2.66. The molecule has 2 heterocycles. The number of likely N-dealkylation sites (tertiary alicyclic amines) is 1. The van der Waals surface area contributed by atoms with Crippen molar-refractivity contribution in [1.82, 2.24) is 9.80 Å². The maximum absolute atomic E-state index is 12.8. The molecule has 3 rings (SSSR count). The number of amides is 1. The summed E-state index contributed by atoms with van der Waals surface area (Å²) in [5, 5.41) is 9.63. The second-order valence-corrected chi connectivity index (χ2v) is 6.94. The van der Waals surface area contributed by atoms with Crippen molar-refractivity contribution < 1.29 is 14.6 Å². The molecule has 2 fully saturated rings. The second-order valence-electron chi connectivity index (χ2n) is 6.94. The summed E-state index contributed by atoms with van der Waals surface area (Å²) in [6.45, 7) is 6.86. The summed E-state index contributed by atoms with van der Waals surface area (Å²) in [5.74, 6) is 0.782. The van der Waals surface area contributed by atoms with Crippen LogP contribution in [-0.2, 0) is 9.53 Å². The van der Waals surface area contributed by atoms with Crippen molar-refractivity contribution in [3.63, 3.8) is 0 Å². The zero-order chi connectivity index (χ0) is 17.6. The fourth-order valence-corrected chi connectivity index (χ4v) is 3.76. The lowest BCUT2D eigenvalue weighted by Crippen LogP contribution is -2.51. The molecule has 0 atom stereocenters. The third-order valence-electron chi connectivity index (χ3n) is 5.33. The van der Waals surface area contributed by atoms with Crippen molar-refractivity contribution in [3.8, 4) is 5.75 Å². The zero-order valence-electron chi connectivity index (χ0n) is 15.1. The van der Waals surface area contributed by atoms with Gasteiger partial charge in [-0.05, 0) is 38.1 Å². The number of rotatable bonds is 5. The Bertz CT molecular complexity index is 565. The lowest BCUT2D eigenvalue weighted by atomic mass is 9.95. The van der Waals surface area contributed by atoms with Crippen LogP contribution in [0, 0.1) is 5.92 Å². The molecule has 0 bridgehead atoms. The van der Waals surface area contributed by atoms with Gasteiger partial charge < -0.3 is 24.5 Å². The summed E-state index contributed by atoms with van der Waals surface area (Å²) in [6, 6.07) is 7.34. The van der Waals surface area contributed by atoms with Crippen molar-refractivity contribution in [2.45, 2.75) is 12.8 Å². The van der Waals surface area contributed by atoms with Crippen LogP contribution in [0.4, 0.5) is 5.69 Å². The number of aromatic hydroxyl groups is 1. The number of nitrogens with zero attached hydrogens (tertiary/aromatic N) is 3. The summed E-state index contributed by atoms with van der Waals surface area (Å²) in [7, 11) is 1.73. The van der Waals surface area contributed by atoms with Gasteiger partial charge in [-0.15, -0.1) is 0 Å². The van der Waals surface area contributed by atoms with Gasteiger partial charge in [0.2, 0.25) is 5.91 Å². The van der Waals surface area contributed by atoms with E-state index in [2.05, 4.69) is 9.80 Å². The first-order chi connectivity index (χ1) is 12.2. The van der Waals surface area contributed by atoms with Crippen LogP contribution in [-0.4, -0.2) is 80.3 Å². The molecular formula is C19H29N3O3. The van der Waals surface area contributed by atoms with E-state index >= 15 is 0 Å². The number of anilines is 1. The Balaban J connectivity index is 1.46. The Morgan fingerprint density at radius 1 is 1.16 bits per heavy atom. The van der Waals surface area contributed by atoms with Crippen LogP contribution in [0.2, 0.25) is 0 Å². The summed E-state index contributed by atoms with van der Waals surface area (Å²) >= 11 is 0. The highest BCUT2D eigenvalue weighted by Crippen LogP contribution is 2.23. The van der Waals surface area contributed by atoms with Crippen molar-refractivity contribution in [1.29, 1.82) is 0 Å². The highest BCUT2D eigenvalue weighted by Gasteiger charge is 2.30. The standard InChI is InChI=1S/C19H29N3O3/c1-25-14-13-20-7-5-16(6-8-20)19(24)22-11-9-21(10-12-22)17-3-2-4-18(23)15-17/h2-4,15-16,23H,5-14H2,1H3. The summed E-state index contributed by atoms with van der Waals surface area (Å²) in [4.78, 5) is 19.4. The van der Waals surface area contributed by atoms with E-state index in [0.29, 0.717) is 5.91 Å². The Morgan fingerprint density at radius 2 is 1.88 bits per heavy atom. The van der Waals surface area contributed by atoms with Gasteiger partial charge in [0.15, 0.2) is 0 Å². The molecule has 2 aliphatic heterocycles. The number of phenols is 1. The summed E-state index contributed by atoms with van der Waals surface area (Å²) in [6.07, 6.45) is 1.91. The van der Waals surface area contributed by atoms with E-state index in [1.807, 2.05) is 17.0 Å². The van der Waals surface area contributed by atoms with E-state index < -0.39 is 0 Å². The van der Waals surface area contributed by atoms with Crippen LogP contribution >= 0.6 is 0 Å². The Kier molecular flexibility index (Phi) is 6.15. The van der Waals surface area contributed by atoms with Crippen LogP contribution in [0.3, 0.4) is 0 Å². The molecule has 1 aromatic carbocycles. The van der Waals surface area contributed by atoms with Crippen LogP contribution in [0.25, 0.3) is 0 Å². The molecular weight excluding hydrogens is 318 g/mol. The minimum absolute atomic E-state index is 0.172. The molecule has 0 unspecified atom stereocenters.